The molecule has 0 aliphatic heterocycles. The first-order chi connectivity index (χ1) is 32.0. The summed E-state index contributed by atoms with van der Waals surface area (Å²) in [6.07, 6.45) is 0. The summed E-state index contributed by atoms with van der Waals surface area (Å²) in [6.45, 7) is 0. The van der Waals surface area contributed by atoms with Crippen LogP contribution in [-0.2, 0) is 10.8 Å². The van der Waals surface area contributed by atoms with Gasteiger partial charge in [-0.05, 0) is 89.5 Å². The van der Waals surface area contributed by atoms with Gasteiger partial charge in [-0.25, -0.2) is 4.21 Å². The molecule has 66 heavy (non-hydrogen) atoms. The second-order valence-electron chi connectivity index (χ2n) is 14.0. The number of hydrogen-bond acceptors (Lipinski definition) is 15. The van der Waals surface area contributed by atoms with E-state index >= 15 is 4.21 Å². The summed E-state index contributed by atoms with van der Waals surface area (Å²) < 4.78 is 97.3. The lowest BCUT2D eigenvalue weighted by atomic mass is 9.95. The van der Waals surface area contributed by atoms with E-state index in [4.69, 9.17) is 66.3 Å². The van der Waals surface area contributed by atoms with E-state index in [0.29, 0.717) is 135 Å². The third-order valence-electron chi connectivity index (χ3n) is 10.9. The van der Waals surface area contributed by atoms with Gasteiger partial charge < -0.3 is 66.3 Å². The second-order valence-corrected chi connectivity index (χ2v) is 15.5. The molecule has 16 heteroatoms. The third-order valence-corrected chi connectivity index (χ3v) is 12.2. The van der Waals surface area contributed by atoms with Gasteiger partial charge in [0.05, 0.1) is 110 Å². The Morgan fingerprint density at radius 2 is 0.530 bits per heavy atom. The van der Waals surface area contributed by atoms with Crippen molar-refractivity contribution in [2.24, 2.45) is 0 Å². The van der Waals surface area contributed by atoms with E-state index in [1.165, 1.54) is 85.3 Å². The molecule has 350 valence electrons. The molecule has 0 fully saturated rings. The Bertz CT molecular complexity index is 2590. The van der Waals surface area contributed by atoms with Crippen LogP contribution in [0.4, 0.5) is 0 Å². The quantitative estimate of drug-likeness (QED) is 0.0715. The summed E-state index contributed by atoms with van der Waals surface area (Å²) in [5.41, 5.74) is 4.54. The average molecular weight is 927 g/mol. The fourth-order valence-electron chi connectivity index (χ4n) is 7.86. The molecule has 1 unspecified atom stereocenters. The molecule has 0 aliphatic rings. The van der Waals surface area contributed by atoms with Gasteiger partial charge in [-0.15, -0.1) is 0 Å². The fourth-order valence-corrected chi connectivity index (χ4v) is 9.03. The average Bonchev–Trinajstić information content (AvgIpc) is 3.37. The number of hydrogen-bond donors (Lipinski definition) is 0. The Hall–Kier alpha value is -7.33. The molecule has 6 aromatic rings. The molecule has 0 aromatic heterocycles. The SMILES string of the molecule is COc1cc(-c2cc(S(=O)c3cc(-c4cc(OC)c(OC)c(OC)c4)c(OC)c(-c4ccc(OC)c(OC)c4OC)c3)cc(-c3cc(OC)c(OC)c(OC)c3)c2OC)cc(OC)c1OC. The number of benzene rings is 6. The van der Waals surface area contributed by atoms with Crippen molar-refractivity contribution >= 4 is 10.8 Å². The van der Waals surface area contributed by atoms with E-state index in [-0.39, 0.29) is 0 Å². The third kappa shape index (κ3) is 8.75. The van der Waals surface area contributed by atoms with Crippen molar-refractivity contribution in [1.29, 1.82) is 0 Å². The van der Waals surface area contributed by atoms with Gasteiger partial charge in [0.25, 0.3) is 0 Å². The van der Waals surface area contributed by atoms with E-state index in [1.807, 2.05) is 6.07 Å². The summed E-state index contributed by atoms with van der Waals surface area (Å²) in [6, 6.07) is 21.5. The van der Waals surface area contributed by atoms with Crippen molar-refractivity contribution in [1.82, 2.24) is 0 Å². The fraction of sp³-hybridized carbons (Fsp3) is 0.280. The van der Waals surface area contributed by atoms with Crippen molar-refractivity contribution in [3.63, 3.8) is 0 Å². The predicted octanol–water partition coefficient (Wildman–Crippen LogP) is 9.64. The van der Waals surface area contributed by atoms with Crippen LogP contribution in [0.5, 0.6) is 80.5 Å². The summed E-state index contributed by atoms with van der Waals surface area (Å²) in [7, 11) is 19.5. The monoisotopic (exact) mass is 926 g/mol. The standard InChI is InChI=1S/C50H54O15S/c1-52-37-16-15-32(46(61-10)50(37)65-14)36-26-31(25-35(45(36)60-9)29-21-42(57-6)49(64-13)43(22-29)58-7)66(51)30-23-33(27-17-38(53-2)47(62-11)39(18-27)54-3)44(59-8)34(24-30)28-19-40(55-4)48(63-12)41(20-28)56-5/h15-26H,1-14H3. The molecule has 15 nitrogen and oxygen atoms in total. The van der Waals surface area contributed by atoms with Crippen molar-refractivity contribution in [2.75, 3.05) is 99.5 Å². The van der Waals surface area contributed by atoms with Crippen molar-refractivity contribution in [2.45, 2.75) is 9.79 Å². The summed E-state index contributed by atoms with van der Waals surface area (Å²) in [5, 5.41) is 0. The molecule has 0 N–H and O–H groups in total. The summed E-state index contributed by atoms with van der Waals surface area (Å²) >= 11 is 0. The zero-order valence-electron chi connectivity index (χ0n) is 39.5. The van der Waals surface area contributed by atoms with Gasteiger partial charge in [-0.3, -0.25) is 0 Å². The van der Waals surface area contributed by atoms with Gasteiger partial charge in [0.15, 0.2) is 46.0 Å². The van der Waals surface area contributed by atoms with Gasteiger partial charge in [0, 0.05) is 37.6 Å². The lowest BCUT2D eigenvalue weighted by molar-refractivity contribution is 0.324. The first-order valence-electron chi connectivity index (χ1n) is 20.1. The van der Waals surface area contributed by atoms with Crippen molar-refractivity contribution in [3.05, 3.63) is 72.8 Å². The molecule has 0 aliphatic carbocycles. The topological polar surface area (TPSA) is 146 Å². The van der Waals surface area contributed by atoms with Crippen LogP contribution in [0.3, 0.4) is 0 Å². The minimum atomic E-state index is -1.96. The lowest BCUT2D eigenvalue weighted by Gasteiger charge is -2.22. The molecule has 6 rings (SSSR count). The van der Waals surface area contributed by atoms with Crippen LogP contribution < -0.4 is 66.3 Å². The molecule has 1 atom stereocenters. The van der Waals surface area contributed by atoms with E-state index in [2.05, 4.69) is 0 Å². The molecule has 0 bridgehead atoms. The van der Waals surface area contributed by atoms with Gasteiger partial charge in [-0.1, -0.05) is 0 Å². The van der Waals surface area contributed by atoms with Gasteiger partial charge in [0.1, 0.15) is 11.5 Å². The van der Waals surface area contributed by atoms with E-state index in [9.17, 15) is 0 Å². The maximum absolute atomic E-state index is 15.7. The molecular weight excluding hydrogens is 873 g/mol. The summed E-state index contributed by atoms with van der Waals surface area (Å²) in [5.74, 6) is 5.54. The van der Waals surface area contributed by atoms with E-state index < -0.39 is 10.8 Å². The van der Waals surface area contributed by atoms with Crippen LogP contribution in [0.15, 0.2) is 82.6 Å². The smallest absolute Gasteiger partial charge is 0.203 e. The molecule has 0 saturated carbocycles. The van der Waals surface area contributed by atoms with Crippen LogP contribution in [0.25, 0.3) is 44.5 Å². The number of ether oxygens (including phenoxy) is 14. The highest BCUT2D eigenvalue weighted by atomic mass is 32.2. The Morgan fingerprint density at radius 3 is 0.803 bits per heavy atom. The van der Waals surface area contributed by atoms with Crippen LogP contribution in [-0.4, -0.2) is 104 Å². The summed E-state index contributed by atoms with van der Waals surface area (Å²) in [4.78, 5) is 0.762. The second kappa shape index (κ2) is 21.1. The molecule has 6 aromatic carbocycles. The van der Waals surface area contributed by atoms with E-state index in [0.717, 1.165) is 0 Å². The zero-order chi connectivity index (χ0) is 47.8. The maximum atomic E-state index is 15.7. The minimum absolute atomic E-state index is 0.348. The molecule has 0 saturated heterocycles. The van der Waals surface area contributed by atoms with Crippen LogP contribution in [0.2, 0.25) is 0 Å². The molecule has 0 radical (unpaired) electrons. The number of rotatable bonds is 20. The molecular formula is C50H54O15S. The Kier molecular flexibility index (Phi) is 15.4. The zero-order valence-corrected chi connectivity index (χ0v) is 40.3. The first-order valence-corrected chi connectivity index (χ1v) is 21.2. The lowest BCUT2D eigenvalue weighted by Crippen LogP contribution is -2.03. The predicted molar refractivity (Wildman–Crippen MR) is 251 cm³/mol. The Balaban J connectivity index is 1.76. The van der Waals surface area contributed by atoms with E-state index in [1.54, 1.807) is 80.9 Å². The van der Waals surface area contributed by atoms with Crippen LogP contribution >= 0.6 is 0 Å². The Morgan fingerprint density at radius 1 is 0.258 bits per heavy atom. The highest BCUT2D eigenvalue weighted by Crippen LogP contribution is 2.53. The largest absolute Gasteiger partial charge is 0.495 e. The molecule has 0 amide bonds. The van der Waals surface area contributed by atoms with Gasteiger partial charge in [0.2, 0.25) is 23.0 Å². The Labute approximate surface area is 387 Å². The van der Waals surface area contributed by atoms with Crippen LogP contribution in [0, 0.1) is 0 Å². The highest BCUT2D eigenvalue weighted by Gasteiger charge is 2.28. The van der Waals surface area contributed by atoms with Gasteiger partial charge >= 0.3 is 0 Å². The highest BCUT2D eigenvalue weighted by molar-refractivity contribution is 7.85. The normalized spacial score (nSPS) is 11.2. The van der Waals surface area contributed by atoms with Crippen molar-refractivity contribution < 1.29 is 70.5 Å². The maximum Gasteiger partial charge on any atom is 0.203 e. The minimum Gasteiger partial charge on any atom is -0.495 e. The number of methoxy groups -OCH3 is 14. The van der Waals surface area contributed by atoms with Crippen molar-refractivity contribution in [3.8, 4) is 125 Å². The van der Waals surface area contributed by atoms with Crippen LogP contribution in [0.1, 0.15) is 0 Å². The molecule has 0 spiro atoms. The molecule has 0 heterocycles. The van der Waals surface area contributed by atoms with Gasteiger partial charge in [-0.2, -0.15) is 0 Å². The first kappa shape index (κ1) is 48.1.